The van der Waals surface area contributed by atoms with E-state index in [0.717, 1.165) is 5.56 Å². The van der Waals surface area contributed by atoms with E-state index in [1.54, 1.807) is 6.08 Å². The summed E-state index contributed by atoms with van der Waals surface area (Å²) < 4.78 is 0. The van der Waals surface area contributed by atoms with Gasteiger partial charge in [-0.15, -0.1) is 0 Å². The zero-order chi connectivity index (χ0) is 12.7. The van der Waals surface area contributed by atoms with E-state index in [1.807, 2.05) is 30.3 Å². The van der Waals surface area contributed by atoms with Crippen LogP contribution in [0.4, 0.5) is 0 Å². The van der Waals surface area contributed by atoms with Gasteiger partial charge in [0.15, 0.2) is 0 Å². The molecule has 1 aromatic rings. The molecule has 4 heteroatoms. The van der Waals surface area contributed by atoms with Gasteiger partial charge in [0.1, 0.15) is 0 Å². The van der Waals surface area contributed by atoms with E-state index in [1.165, 1.54) is 0 Å². The standard InChI is InChI=1S/C13H16N2O2/c14-12(16)9-5-4-8-11(13(15)17)10-6-2-1-3-7-10/h1-3,6-8H,4-5,9H2,(H2,14,16)(H2,15,17). The first-order valence-electron chi connectivity index (χ1n) is 5.45. The summed E-state index contributed by atoms with van der Waals surface area (Å²) in [7, 11) is 0. The van der Waals surface area contributed by atoms with Crippen molar-refractivity contribution in [3.8, 4) is 0 Å². The van der Waals surface area contributed by atoms with Crippen LogP contribution in [-0.2, 0) is 9.59 Å². The first-order valence-corrected chi connectivity index (χ1v) is 5.45. The Balaban J connectivity index is 2.70. The molecule has 2 amide bonds. The van der Waals surface area contributed by atoms with Gasteiger partial charge in [0.2, 0.25) is 11.8 Å². The molecule has 0 bridgehead atoms. The molecule has 0 saturated heterocycles. The molecule has 90 valence electrons. The smallest absolute Gasteiger partial charge is 0.248 e. The van der Waals surface area contributed by atoms with Gasteiger partial charge in [0, 0.05) is 12.0 Å². The lowest BCUT2D eigenvalue weighted by atomic mass is 10.0. The molecule has 0 aromatic heterocycles. The number of hydrogen-bond acceptors (Lipinski definition) is 2. The summed E-state index contributed by atoms with van der Waals surface area (Å²) >= 11 is 0. The quantitative estimate of drug-likeness (QED) is 0.570. The Hall–Kier alpha value is -2.10. The van der Waals surface area contributed by atoms with Crippen molar-refractivity contribution < 1.29 is 9.59 Å². The predicted molar refractivity (Wildman–Crippen MR) is 66.7 cm³/mol. The monoisotopic (exact) mass is 232 g/mol. The van der Waals surface area contributed by atoms with Crippen LogP contribution in [-0.4, -0.2) is 11.8 Å². The number of amides is 2. The summed E-state index contributed by atoms with van der Waals surface area (Å²) in [6.45, 7) is 0. The molecular weight excluding hydrogens is 216 g/mol. The average molecular weight is 232 g/mol. The van der Waals surface area contributed by atoms with Crippen LogP contribution < -0.4 is 11.5 Å². The Morgan fingerprint density at radius 2 is 1.76 bits per heavy atom. The topological polar surface area (TPSA) is 86.2 Å². The molecule has 17 heavy (non-hydrogen) atoms. The highest BCUT2D eigenvalue weighted by molar-refractivity contribution is 6.18. The fraction of sp³-hybridized carbons (Fsp3) is 0.231. The normalized spacial score (nSPS) is 11.2. The van der Waals surface area contributed by atoms with Crippen LogP contribution >= 0.6 is 0 Å². The average Bonchev–Trinajstić information content (AvgIpc) is 2.29. The highest BCUT2D eigenvalue weighted by Crippen LogP contribution is 2.15. The van der Waals surface area contributed by atoms with E-state index in [0.29, 0.717) is 24.8 Å². The van der Waals surface area contributed by atoms with Gasteiger partial charge in [0.25, 0.3) is 0 Å². The maximum absolute atomic E-state index is 11.3. The van der Waals surface area contributed by atoms with Gasteiger partial charge in [-0.25, -0.2) is 0 Å². The van der Waals surface area contributed by atoms with E-state index in [4.69, 9.17) is 11.5 Å². The summed E-state index contributed by atoms with van der Waals surface area (Å²) in [6.07, 6.45) is 3.30. The highest BCUT2D eigenvalue weighted by Gasteiger charge is 2.06. The maximum atomic E-state index is 11.3. The van der Waals surface area contributed by atoms with Crippen molar-refractivity contribution in [2.75, 3.05) is 0 Å². The van der Waals surface area contributed by atoms with E-state index in [2.05, 4.69) is 0 Å². The minimum Gasteiger partial charge on any atom is -0.370 e. The van der Waals surface area contributed by atoms with Crippen molar-refractivity contribution in [1.29, 1.82) is 0 Å². The fourth-order valence-electron chi connectivity index (χ4n) is 1.50. The molecule has 0 aliphatic carbocycles. The molecule has 1 aromatic carbocycles. The third-order valence-electron chi connectivity index (χ3n) is 2.33. The van der Waals surface area contributed by atoms with E-state index < -0.39 is 5.91 Å². The zero-order valence-electron chi connectivity index (χ0n) is 9.56. The van der Waals surface area contributed by atoms with Gasteiger partial charge >= 0.3 is 0 Å². The Bertz CT molecular complexity index is 424. The molecule has 0 radical (unpaired) electrons. The van der Waals surface area contributed by atoms with Gasteiger partial charge in [0.05, 0.1) is 0 Å². The molecule has 0 unspecified atom stereocenters. The van der Waals surface area contributed by atoms with Gasteiger partial charge < -0.3 is 11.5 Å². The maximum Gasteiger partial charge on any atom is 0.248 e. The van der Waals surface area contributed by atoms with E-state index in [-0.39, 0.29) is 5.91 Å². The summed E-state index contributed by atoms with van der Waals surface area (Å²) in [6, 6.07) is 9.20. The zero-order valence-corrected chi connectivity index (χ0v) is 9.56. The Morgan fingerprint density at radius 1 is 1.12 bits per heavy atom. The highest BCUT2D eigenvalue weighted by atomic mass is 16.1. The van der Waals surface area contributed by atoms with Crippen molar-refractivity contribution in [2.24, 2.45) is 11.5 Å². The number of primary amides is 2. The molecule has 0 saturated carbocycles. The van der Waals surface area contributed by atoms with Gasteiger partial charge in [-0.2, -0.15) is 0 Å². The number of allylic oxidation sites excluding steroid dienone is 1. The summed E-state index contributed by atoms with van der Waals surface area (Å²) in [5, 5.41) is 0. The van der Waals surface area contributed by atoms with Crippen LogP contribution in [0.3, 0.4) is 0 Å². The van der Waals surface area contributed by atoms with Crippen molar-refractivity contribution in [3.63, 3.8) is 0 Å². The lowest BCUT2D eigenvalue weighted by molar-refractivity contribution is -0.118. The molecule has 0 spiro atoms. The molecular formula is C13H16N2O2. The molecule has 4 nitrogen and oxygen atoms in total. The lowest BCUT2D eigenvalue weighted by Crippen LogP contribution is -2.13. The molecule has 1 rings (SSSR count). The van der Waals surface area contributed by atoms with Crippen LogP contribution in [0.2, 0.25) is 0 Å². The van der Waals surface area contributed by atoms with Crippen molar-refractivity contribution in [2.45, 2.75) is 19.3 Å². The Kier molecular flexibility index (Phi) is 4.94. The molecule has 0 atom stereocenters. The molecule has 0 aliphatic rings. The second-order valence-corrected chi connectivity index (χ2v) is 3.71. The van der Waals surface area contributed by atoms with Crippen LogP contribution in [0.25, 0.3) is 5.57 Å². The summed E-state index contributed by atoms with van der Waals surface area (Å²) in [5.74, 6) is -0.797. The van der Waals surface area contributed by atoms with Crippen LogP contribution in [0.15, 0.2) is 36.4 Å². The number of hydrogen-bond donors (Lipinski definition) is 2. The summed E-state index contributed by atoms with van der Waals surface area (Å²) in [4.78, 5) is 21.8. The van der Waals surface area contributed by atoms with Crippen molar-refractivity contribution in [1.82, 2.24) is 0 Å². The number of carbonyl (C=O) groups is 2. The third-order valence-corrected chi connectivity index (χ3v) is 2.33. The first kappa shape index (κ1) is 13.0. The predicted octanol–water partition coefficient (Wildman–Crippen LogP) is 1.21. The number of nitrogens with two attached hydrogens (primary N) is 2. The van der Waals surface area contributed by atoms with Gasteiger partial charge in [-0.05, 0) is 18.4 Å². The number of rotatable bonds is 6. The second kappa shape index (κ2) is 6.48. The van der Waals surface area contributed by atoms with E-state index in [9.17, 15) is 9.59 Å². The molecule has 0 heterocycles. The summed E-state index contributed by atoms with van der Waals surface area (Å²) in [5.41, 5.74) is 11.6. The fourth-order valence-corrected chi connectivity index (χ4v) is 1.50. The SMILES string of the molecule is NC(=O)CCCC=C(C(N)=O)c1ccccc1. The number of benzene rings is 1. The number of unbranched alkanes of at least 4 members (excludes halogenated alkanes) is 1. The molecule has 0 aliphatic heterocycles. The largest absolute Gasteiger partial charge is 0.370 e. The third kappa shape index (κ3) is 4.51. The first-order chi connectivity index (χ1) is 8.11. The second-order valence-electron chi connectivity index (χ2n) is 3.71. The van der Waals surface area contributed by atoms with Crippen LogP contribution in [0.1, 0.15) is 24.8 Å². The van der Waals surface area contributed by atoms with Crippen molar-refractivity contribution in [3.05, 3.63) is 42.0 Å². The Labute approximate surface area is 100 Å². The van der Waals surface area contributed by atoms with Gasteiger partial charge in [-0.1, -0.05) is 36.4 Å². The minimum atomic E-state index is -0.463. The van der Waals surface area contributed by atoms with Crippen LogP contribution in [0.5, 0.6) is 0 Å². The lowest BCUT2D eigenvalue weighted by Gasteiger charge is -2.03. The van der Waals surface area contributed by atoms with E-state index >= 15 is 0 Å². The molecule has 0 fully saturated rings. The van der Waals surface area contributed by atoms with Crippen LogP contribution in [0, 0.1) is 0 Å². The Morgan fingerprint density at radius 3 is 2.29 bits per heavy atom. The van der Waals surface area contributed by atoms with Crippen molar-refractivity contribution >= 4 is 17.4 Å². The van der Waals surface area contributed by atoms with Gasteiger partial charge in [-0.3, -0.25) is 9.59 Å². The minimum absolute atomic E-state index is 0.317. The molecule has 4 N–H and O–H groups in total. The number of carbonyl (C=O) groups excluding carboxylic acids is 2.